The van der Waals surface area contributed by atoms with Crippen molar-refractivity contribution in [1.29, 1.82) is 0 Å². The first-order chi connectivity index (χ1) is 16.2. The molecule has 2 aliphatic heterocycles. The number of carbonyl (C=O) groups excluding carboxylic acids is 3. The molecule has 4 aliphatic rings. The van der Waals surface area contributed by atoms with Crippen molar-refractivity contribution in [2.45, 2.75) is 82.5 Å². The molecule has 2 saturated heterocycles. The number of likely N-dealkylation sites (tertiary alicyclic amines) is 1. The molecule has 0 radical (unpaired) electrons. The number of methoxy groups -OCH3 is 1. The zero-order valence-corrected chi connectivity index (χ0v) is 19.9. The molecular formula is C24H36F3N3O4. The molecule has 7 nitrogen and oxygen atoms in total. The van der Waals surface area contributed by atoms with Crippen molar-refractivity contribution in [3.05, 3.63) is 0 Å². The summed E-state index contributed by atoms with van der Waals surface area (Å²) in [6.07, 6.45) is 3.49. The standard InChI is InChI=1S/C24H36F3N3O4/c1-34-21(31)18-4-8-20(9-5-18)30-15-14-29(23(30)33)19-6-2-16(3-7-19)17-10-12-28(13-11-17)22(32)24(25,26)27/h16-20H,2-15H2,1H3/t16-,18-,19-,20+. The van der Waals surface area contributed by atoms with E-state index in [-0.39, 0.29) is 43.1 Å². The van der Waals surface area contributed by atoms with Crippen molar-refractivity contribution >= 4 is 17.9 Å². The number of halogens is 3. The SMILES string of the molecule is COC(=O)[C@H]1CC[C@@H](N2CCN([C@H]3CC[C@H](C4CCN(C(=O)C(F)(F)F)CC4)CC3)C2=O)CC1. The van der Waals surface area contributed by atoms with E-state index < -0.39 is 12.1 Å². The van der Waals surface area contributed by atoms with Crippen molar-refractivity contribution < 1.29 is 32.3 Å². The van der Waals surface area contributed by atoms with Crippen LogP contribution in [0.25, 0.3) is 0 Å². The minimum atomic E-state index is -4.79. The van der Waals surface area contributed by atoms with Crippen LogP contribution in [-0.2, 0) is 14.3 Å². The molecule has 0 N–H and O–H groups in total. The van der Waals surface area contributed by atoms with Crippen molar-refractivity contribution in [1.82, 2.24) is 14.7 Å². The number of alkyl halides is 3. The Balaban J connectivity index is 1.21. The number of urea groups is 1. The highest BCUT2D eigenvalue weighted by molar-refractivity contribution is 5.82. The van der Waals surface area contributed by atoms with E-state index in [4.69, 9.17) is 4.74 Å². The van der Waals surface area contributed by atoms with E-state index in [9.17, 15) is 27.6 Å². The van der Waals surface area contributed by atoms with E-state index in [1.54, 1.807) is 0 Å². The largest absolute Gasteiger partial charge is 0.471 e. The Bertz CT molecular complexity index is 753. The van der Waals surface area contributed by atoms with Crippen molar-refractivity contribution in [3.63, 3.8) is 0 Å². The molecule has 10 heteroatoms. The molecule has 0 aromatic rings. The van der Waals surface area contributed by atoms with Gasteiger partial charge in [-0.05, 0) is 76.0 Å². The molecule has 3 amide bonds. The van der Waals surface area contributed by atoms with Crippen LogP contribution in [-0.4, -0.2) is 84.2 Å². The van der Waals surface area contributed by atoms with Crippen molar-refractivity contribution in [2.75, 3.05) is 33.3 Å². The monoisotopic (exact) mass is 487 g/mol. The van der Waals surface area contributed by atoms with Gasteiger partial charge in [0.1, 0.15) is 0 Å². The maximum absolute atomic E-state index is 13.2. The molecule has 0 unspecified atom stereocenters. The average molecular weight is 488 g/mol. The molecule has 192 valence electrons. The quantitative estimate of drug-likeness (QED) is 0.566. The molecule has 4 fully saturated rings. The maximum Gasteiger partial charge on any atom is 0.471 e. The average Bonchev–Trinajstić information content (AvgIpc) is 3.24. The summed E-state index contributed by atoms with van der Waals surface area (Å²) in [6, 6.07) is 0.537. The summed E-state index contributed by atoms with van der Waals surface area (Å²) >= 11 is 0. The lowest BCUT2D eigenvalue weighted by Gasteiger charge is -2.41. The minimum Gasteiger partial charge on any atom is -0.469 e. The highest BCUT2D eigenvalue weighted by Gasteiger charge is 2.45. The number of piperidine rings is 1. The molecule has 0 spiro atoms. The van der Waals surface area contributed by atoms with Gasteiger partial charge in [0.05, 0.1) is 13.0 Å². The second-order valence-electron chi connectivity index (χ2n) is 10.4. The topological polar surface area (TPSA) is 70.2 Å². The van der Waals surface area contributed by atoms with Crippen LogP contribution in [0.4, 0.5) is 18.0 Å². The van der Waals surface area contributed by atoms with Crippen LogP contribution in [0.2, 0.25) is 0 Å². The third-order valence-electron chi connectivity index (χ3n) is 8.66. The molecule has 0 aromatic heterocycles. The number of rotatable bonds is 4. The van der Waals surface area contributed by atoms with Gasteiger partial charge in [-0.15, -0.1) is 0 Å². The Hall–Kier alpha value is -2.00. The van der Waals surface area contributed by atoms with Gasteiger partial charge in [-0.25, -0.2) is 4.79 Å². The molecule has 4 rings (SSSR count). The Kier molecular flexibility index (Phi) is 7.62. The Morgan fingerprint density at radius 3 is 1.71 bits per heavy atom. The number of carbonyl (C=O) groups is 3. The Morgan fingerprint density at radius 1 is 0.765 bits per heavy atom. The second-order valence-corrected chi connectivity index (χ2v) is 10.4. The number of hydrogen-bond donors (Lipinski definition) is 0. The van der Waals surface area contributed by atoms with Gasteiger partial charge in [-0.3, -0.25) is 9.59 Å². The summed E-state index contributed by atoms with van der Waals surface area (Å²) in [4.78, 5) is 41.4. The first kappa shape index (κ1) is 25.1. The van der Waals surface area contributed by atoms with E-state index in [1.807, 2.05) is 9.80 Å². The molecule has 2 aliphatic carbocycles. The van der Waals surface area contributed by atoms with Gasteiger partial charge in [0.2, 0.25) is 0 Å². The van der Waals surface area contributed by atoms with Gasteiger partial charge in [-0.2, -0.15) is 13.2 Å². The van der Waals surface area contributed by atoms with Gasteiger partial charge in [-0.1, -0.05) is 0 Å². The Morgan fingerprint density at radius 2 is 1.24 bits per heavy atom. The summed E-state index contributed by atoms with van der Waals surface area (Å²) in [5, 5.41) is 0. The van der Waals surface area contributed by atoms with Crippen LogP contribution in [0.1, 0.15) is 64.2 Å². The first-order valence-corrected chi connectivity index (χ1v) is 12.7. The number of nitrogens with zero attached hydrogens (tertiary/aromatic N) is 3. The minimum absolute atomic E-state index is 0.0521. The lowest BCUT2D eigenvalue weighted by molar-refractivity contribution is -0.187. The fourth-order valence-corrected chi connectivity index (χ4v) is 6.68. The smallest absolute Gasteiger partial charge is 0.469 e. The molecule has 2 saturated carbocycles. The Labute approximate surface area is 198 Å². The zero-order valence-electron chi connectivity index (χ0n) is 19.9. The maximum atomic E-state index is 13.2. The van der Waals surface area contributed by atoms with Gasteiger partial charge in [0.15, 0.2) is 0 Å². The summed E-state index contributed by atoms with van der Waals surface area (Å²) in [5.41, 5.74) is 0. The van der Waals surface area contributed by atoms with Gasteiger partial charge >= 0.3 is 24.1 Å². The lowest BCUT2D eigenvalue weighted by Crippen LogP contribution is -2.47. The van der Waals surface area contributed by atoms with Crippen LogP contribution in [0.3, 0.4) is 0 Å². The molecule has 2 heterocycles. The summed E-state index contributed by atoms with van der Waals surface area (Å²) in [6.45, 7) is 1.84. The number of hydrogen-bond acceptors (Lipinski definition) is 4. The van der Waals surface area contributed by atoms with Crippen molar-refractivity contribution in [2.24, 2.45) is 17.8 Å². The van der Waals surface area contributed by atoms with E-state index in [0.717, 1.165) is 69.4 Å². The van der Waals surface area contributed by atoms with E-state index in [1.165, 1.54) is 7.11 Å². The van der Waals surface area contributed by atoms with E-state index >= 15 is 0 Å². The highest BCUT2D eigenvalue weighted by atomic mass is 19.4. The fourth-order valence-electron chi connectivity index (χ4n) is 6.68. The fraction of sp³-hybridized carbons (Fsp3) is 0.875. The normalized spacial score (nSPS) is 31.6. The van der Waals surface area contributed by atoms with E-state index in [2.05, 4.69) is 0 Å². The van der Waals surface area contributed by atoms with Crippen molar-refractivity contribution in [3.8, 4) is 0 Å². The lowest BCUT2D eigenvalue weighted by atomic mass is 9.74. The molecule has 34 heavy (non-hydrogen) atoms. The molecular weight excluding hydrogens is 451 g/mol. The zero-order chi connectivity index (χ0) is 24.5. The molecule has 0 atom stereocenters. The van der Waals surface area contributed by atoms with Crippen LogP contribution in [0, 0.1) is 17.8 Å². The van der Waals surface area contributed by atoms with E-state index in [0.29, 0.717) is 24.7 Å². The number of amides is 3. The highest BCUT2D eigenvalue weighted by Crippen LogP contribution is 2.39. The summed E-state index contributed by atoms with van der Waals surface area (Å²) < 4.78 is 42.9. The summed E-state index contributed by atoms with van der Waals surface area (Å²) in [5.74, 6) is -1.10. The molecule has 0 aromatic carbocycles. The predicted octanol–water partition coefficient (Wildman–Crippen LogP) is 3.82. The molecule has 0 bridgehead atoms. The van der Waals surface area contributed by atoms with Gasteiger partial charge < -0.3 is 19.4 Å². The van der Waals surface area contributed by atoms with Crippen LogP contribution in [0.15, 0.2) is 0 Å². The summed E-state index contributed by atoms with van der Waals surface area (Å²) in [7, 11) is 1.42. The number of esters is 1. The second kappa shape index (κ2) is 10.3. The third-order valence-corrected chi connectivity index (χ3v) is 8.66. The van der Waals surface area contributed by atoms with Crippen LogP contribution >= 0.6 is 0 Å². The van der Waals surface area contributed by atoms with Gasteiger partial charge in [0.25, 0.3) is 0 Å². The number of ether oxygens (including phenoxy) is 1. The third kappa shape index (κ3) is 5.30. The first-order valence-electron chi connectivity index (χ1n) is 12.7. The van der Waals surface area contributed by atoms with Gasteiger partial charge in [0, 0.05) is 38.3 Å². The predicted molar refractivity (Wildman–Crippen MR) is 118 cm³/mol. The van der Waals surface area contributed by atoms with Crippen LogP contribution < -0.4 is 0 Å². The van der Waals surface area contributed by atoms with Crippen LogP contribution in [0.5, 0.6) is 0 Å².